The van der Waals surface area contributed by atoms with E-state index in [0.717, 1.165) is 12.8 Å². The first-order valence-corrected chi connectivity index (χ1v) is 6.07. The summed E-state index contributed by atoms with van der Waals surface area (Å²) in [5.41, 5.74) is 5.57. The molecule has 2 N–H and O–H groups in total. The van der Waals surface area contributed by atoms with E-state index in [4.69, 9.17) is 5.73 Å². The average molecular weight is 244 g/mol. The van der Waals surface area contributed by atoms with E-state index in [-0.39, 0.29) is 12.5 Å². The van der Waals surface area contributed by atoms with E-state index in [0.29, 0.717) is 12.5 Å². The van der Waals surface area contributed by atoms with E-state index in [2.05, 4.69) is 18.6 Å². The maximum absolute atomic E-state index is 11.9. The van der Waals surface area contributed by atoms with Gasteiger partial charge in [0.25, 0.3) is 0 Å². The molecule has 0 spiro atoms. The summed E-state index contributed by atoms with van der Waals surface area (Å²) in [4.78, 5) is 24.6. The first-order chi connectivity index (χ1) is 7.96. The molecule has 0 aliphatic heterocycles. The maximum atomic E-state index is 11.9. The highest BCUT2D eigenvalue weighted by Crippen LogP contribution is 2.10. The predicted molar refractivity (Wildman–Crippen MR) is 66.3 cm³/mol. The molecule has 0 radical (unpaired) electrons. The fourth-order valence-corrected chi connectivity index (χ4v) is 1.60. The second-order valence-electron chi connectivity index (χ2n) is 4.27. The first kappa shape index (κ1) is 15.9. The molecular weight excluding hydrogens is 220 g/mol. The summed E-state index contributed by atoms with van der Waals surface area (Å²) < 4.78 is 4.59. The molecule has 0 aromatic heterocycles. The van der Waals surface area contributed by atoms with Gasteiger partial charge in [0.1, 0.15) is 6.54 Å². The van der Waals surface area contributed by atoms with Gasteiger partial charge >= 0.3 is 5.97 Å². The minimum absolute atomic E-state index is 0.0205. The summed E-state index contributed by atoms with van der Waals surface area (Å²) in [6, 6.07) is -0.589. The van der Waals surface area contributed by atoms with E-state index in [1.165, 1.54) is 12.0 Å². The number of carbonyl (C=O) groups excluding carboxylic acids is 2. The first-order valence-electron chi connectivity index (χ1n) is 6.07. The Balaban J connectivity index is 4.60. The quantitative estimate of drug-likeness (QED) is 0.671. The molecule has 0 aliphatic carbocycles. The molecule has 1 atom stereocenters. The van der Waals surface area contributed by atoms with Crippen molar-refractivity contribution in [2.24, 2.45) is 11.7 Å². The summed E-state index contributed by atoms with van der Waals surface area (Å²) in [6.45, 7) is 6.30. The van der Waals surface area contributed by atoms with Crippen LogP contribution in [0.1, 0.15) is 33.6 Å². The van der Waals surface area contributed by atoms with Gasteiger partial charge in [0.05, 0.1) is 13.2 Å². The number of rotatable bonds is 7. The smallest absolute Gasteiger partial charge is 0.325 e. The van der Waals surface area contributed by atoms with Crippen molar-refractivity contribution in [3.05, 3.63) is 0 Å². The monoisotopic (exact) mass is 244 g/mol. The standard InChI is InChI=1S/C12H24N2O3/c1-5-10(6-2)7-14(8-11(15)17-4)12(16)9(3)13/h9-10H,5-8,13H2,1-4H3/t9-/m1/s1. The van der Waals surface area contributed by atoms with Gasteiger partial charge in [-0.3, -0.25) is 9.59 Å². The van der Waals surface area contributed by atoms with Crippen LogP contribution in [-0.4, -0.2) is 43.0 Å². The van der Waals surface area contributed by atoms with Crippen LogP contribution in [0.4, 0.5) is 0 Å². The lowest BCUT2D eigenvalue weighted by Gasteiger charge is -2.27. The molecule has 5 nitrogen and oxygen atoms in total. The number of amides is 1. The van der Waals surface area contributed by atoms with Gasteiger partial charge in [-0.05, 0) is 12.8 Å². The van der Waals surface area contributed by atoms with Crippen LogP contribution in [0.15, 0.2) is 0 Å². The molecule has 17 heavy (non-hydrogen) atoms. The molecule has 0 bridgehead atoms. The molecule has 1 amide bonds. The van der Waals surface area contributed by atoms with Gasteiger partial charge in [0.15, 0.2) is 0 Å². The number of hydrogen-bond donors (Lipinski definition) is 1. The second-order valence-corrected chi connectivity index (χ2v) is 4.27. The zero-order valence-corrected chi connectivity index (χ0v) is 11.2. The molecule has 0 rings (SSSR count). The third-order valence-electron chi connectivity index (χ3n) is 2.88. The number of ether oxygens (including phenoxy) is 1. The number of methoxy groups -OCH3 is 1. The molecule has 0 aromatic carbocycles. The minimum Gasteiger partial charge on any atom is -0.468 e. The van der Waals surface area contributed by atoms with Crippen molar-refractivity contribution in [1.82, 2.24) is 4.90 Å². The number of hydrogen-bond acceptors (Lipinski definition) is 4. The van der Waals surface area contributed by atoms with Gasteiger partial charge in [-0.25, -0.2) is 0 Å². The highest BCUT2D eigenvalue weighted by atomic mass is 16.5. The Hall–Kier alpha value is -1.10. The summed E-state index contributed by atoms with van der Waals surface area (Å²) >= 11 is 0. The summed E-state index contributed by atoms with van der Waals surface area (Å²) in [6.07, 6.45) is 1.95. The topological polar surface area (TPSA) is 72.6 Å². The highest BCUT2D eigenvalue weighted by molar-refractivity contribution is 5.85. The van der Waals surface area contributed by atoms with Gasteiger partial charge < -0.3 is 15.4 Å². The van der Waals surface area contributed by atoms with E-state index in [1.807, 2.05) is 0 Å². The van der Waals surface area contributed by atoms with Crippen LogP contribution in [0.3, 0.4) is 0 Å². The number of esters is 1. The minimum atomic E-state index is -0.589. The van der Waals surface area contributed by atoms with Crippen molar-refractivity contribution < 1.29 is 14.3 Å². The highest BCUT2D eigenvalue weighted by Gasteiger charge is 2.22. The van der Waals surface area contributed by atoms with Crippen molar-refractivity contribution in [1.29, 1.82) is 0 Å². The zero-order valence-electron chi connectivity index (χ0n) is 11.2. The Labute approximate surface area is 103 Å². The predicted octanol–water partition coefficient (Wildman–Crippen LogP) is 0.771. The maximum Gasteiger partial charge on any atom is 0.325 e. The lowest BCUT2D eigenvalue weighted by Crippen LogP contribution is -2.46. The molecule has 100 valence electrons. The molecule has 0 saturated heterocycles. The number of nitrogens with two attached hydrogens (primary N) is 1. The van der Waals surface area contributed by atoms with Gasteiger partial charge in [-0.2, -0.15) is 0 Å². The van der Waals surface area contributed by atoms with Crippen LogP contribution >= 0.6 is 0 Å². The lowest BCUT2D eigenvalue weighted by molar-refractivity contribution is -0.147. The van der Waals surface area contributed by atoms with Gasteiger partial charge in [-0.15, -0.1) is 0 Å². The summed E-state index contributed by atoms with van der Waals surface area (Å²) in [7, 11) is 1.31. The molecule has 0 heterocycles. The lowest BCUT2D eigenvalue weighted by atomic mass is 10.0. The van der Waals surface area contributed by atoms with Crippen LogP contribution in [-0.2, 0) is 14.3 Å². The van der Waals surface area contributed by atoms with E-state index < -0.39 is 12.0 Å². The fourth-order valence-electron chi connectivity index (χ4n) is 1.60. The molecule has 0 unspecified atom stereocenters. The van der Waals surface area contributed by atoms with E-state index in [9.17, 15) is 9.59 Å². The molecule has 0 fully saturated rings. The summed E-state index contributed by atoms with van der Waals surface area (Å²) in [5.74, 6) is -0.227. The molecule has 5 heteroatoms. The van der Waals surface area contributed by atoms with E-state index >= 15 is 0 Å². The Morgan fingerprint density at radius 2 is 1.82 bits per heavy atom. The fraction of sp³-hybridized carbons (Fsp3) is 0.833. The van der Waals surface area contributed by atoms with Crippen LogP contribution in [0, 0.1) is 5.92 Å². The van der Waals surface area contributed by atoms with Crippen molar-refractivity contribution in [3.8, 4) is 0 Å². The third kappa shape index (κ3) is 5.68. The largest absolute Gasteiger partial charge is 0.468 e. The molecule has 0 aliphatic rings. The Kier molecular flexibility index (Phi) is 7.54. The third-order valence-corrected chi connectivity index (χ3v) is 2.88. The van der Waals surface area contributed by atoms with Crippen molar-refractivity contribution in [2.45, 2.75) is 39.7 Å². The van der Waals surface area contributed by atoms with Gasteiger partial charge in [0.2, 0.25) is 5.91 Å². The van der Waals surface area contributed by atoms with E-state index in [1.54, 1.807) is 6.92 Å². The zero-order chi connectivity index (χ0) is 13.4. The second kappa shape index (κ2) is 8.06. The number of nitrogens with zero attached hydrogens (tertiary/aromatic N) is 1. The van der Waals surface area contributed by atoms with Crippen LogP contribution in [0.25, 0.3) is 0 Å². The van der Waals surface area contributed by atoms with Gasteiger partial charge in [0, 0.05) is 6.54 Å². The molecule has 0 aromatic rings. The van der Waals surface area contributed by atoms with Crippen molar-refractivity contribution in [3.63, 3.8) is 0 Å². The van der Waals surface area contributed by atoms with Crippen LogP contribution in [0.5, 0.6) is 0 Å². The Morgan fingerprint density at radius 3 is 2.18 bits per heavy atom. The number of carbonyl (C=O) groups is 2. The SMILES string of the molecule is CCC(CC)CN(CC(=O)OC)C(=O)[C@@H](C)N. The van der Waals surface area contributed by atoms with Crippen LogP contribution in [0.2, 0.25) is 0 Å². The molecular formula is C12H24N2O3. The Morgan fingerprint density at radius 1 is 1.29 bits per heavy atom. The average Bonchev–Trinajstić information content (AvgIpc) is 2.32. The normalized spacial score (nSPS) is 12.4. The Bertz CT molecular complexity index is 250. The molecule has 0 saturated carbocycles. The summed E-state index contributed by atoms with van der Waals surface area (Å²) in [5, 5.41) is 0. The van der Waals surface area contributed by atoms with Crippen molar-refractivity contribution in [2.75, 3.05) is 20.2 Å². The van der Waals surface area contributed by atoms with Gasteiger partial charge in [-0.1, -0.05) is 26.7 Å². The van der Waals surface area contributed by atoms with Crippen LogP contribution < -0.4 is 5.73 Å². The van der Waals surface area contributed by atoms with Crippen molar-refractivity contribution >= 4 is 11.9 Å².